The Kier molecular flexibility index (Phi) is 5.18. The number of rotatable bonds is 5. The van der Waals surface area contributed by atoms with E-state index in [0.29, 0.717) is 34.2 Å². The first-order valence-corrected chi connectivity index (χ1v) is 8.49. The van der Waals surface area contributed by atoms with Crippen LogP contribution in [0.3, 0.4) is 0 Å². The van der Waals surface area contributed by atoms with Gasteiger partial charge < -0.3 is 14.8 Å². The van der Waals surface area contributed by atoms with Gasteiger partial charge in [-0.15, -0.1) is 0 Å². The van der Waals surface area contributed by atoms with E-state index in [1.807, 2.05) is 13.0 Å². The maximum absolute atomic E-state index is 12.4. The van der Waals surface area contributed by atoms with Crippen molar-refractivity contribution >= 4 is 39.2 Å². The average Bonchev–Trinajstić information content (AvgIpc) is 2.59. The van der Waals surface area contributed by atoms with Crippen molar-refractivity contribution in [3.8, 4) is 11.5 Å². The number of halogens is 1. The first-order chi connectivity index (χ1) is 12.1. The summed E-state index contributed by atoms with van der Waals surface area (Å²) in [7, 11) is 0. The van der Waals surface area contributed by atoms with Gasteiger partial charge in [-0.25, -0.2) is 4.98 Å². The summed E-state index contributed by atoms with van der Waals surface area (Å²) in [5.74, 6) is 0.679. The molecule has 1 aliphatic rings. The Morgan fingerprint density at radius 2 is 2.16 bits per heavy atom. The summed E-state index contributed by atoms with van der Waals surface area (Å²) in [6.45, 7) is 2.06. The number of carbonyl (C=O) groups is 2. The molecule has 7 nitrogen and oxygen atoms in total. The lowest BCUT2D eigenvalue weighted by Gasteiger charge is -2.27. The van der Waals surface area contributed by atoms with E-state index < -0.39 is 0 Å². The first kappa shape index (κ1) is 17.2. The van der Waals surface area contributed by atoms with E-state index in [0.717, 1.165) is 0 Å². The zero-order chi connectivity index (χ0) is 17.8. The lowest BCUT2D eigenvalue weighted by Crippen LogP contribution is -2.44. The molecule has 25 heavy (non-hydrogen) atoms. The van der Waals surface area contributed by atoms with Crippen molar-refractivity contribution in [2.24, 2.45) is 0 Å². The molecule has 0 saturated heterocycles. The number of amides is 2. The molecule has 0 radical (unpaired) electrons. The highest BCUT2D eigenvalue weighted by Gasteiger charge is 2.29. The van der Waals surface area contributed by atoms with Crippen LogP contribution >= 0.6 is 15.9 Å². The average molecular weight is 406 g/mol. The fourth-order valence-corrected chi connectivity index (χ4v) is 2.70. The summed E-state index contributed by atoms with van der Waals surface area (Å²) in [5.41, 5.74) is 0.553. The highest BCUT2D eigenvalue weighted by Crippen LogP contribution is 2.31. The van der Waals surface area contributed by atoms with Crippen LogP contribution in [-0.4, -0.2) is 36.6 Å². The largest absolute Gasteiger partial charge is 0.492 e. The van der Waals surface area contributed by atoms with Gasteiger partial charge in [-0.1, -0.05) is 12.1 Å². The number of para-hydroxylation sites is 2. The number of aromatic nitrogens is 1. The fraction of sp³-hybridized carbons (Fsp3) is 0.235. The molecule has 0 fully saturated rings. The van der Waals surface area contributed by atoms with Gasteiger partial charge in [0.25, 0.3) is 5.91 Å². The number of ether oxygens (including phenoxy) is 2. The Morgan fingerprint density at radius 3 is 2.96 bits per heavy atom. The van der Waals surface area contributed by atoms with E-state index in [2.05, 4.69) is 26.2 Å². The topological polar surface area (TPSA) is 80.8 Å². The van der Waals surface area contributed by atoms with Crippen LogP contribution in [0.2, 0.25) is 0 Å². The van der Waals surface area contributed by atoms with Gasteiger partial charge in [0.15, 0.2) is 18.2 Å². The molecule has 1 N–H and O–H groups in total. The molecule has 0 unspecified atom stereocenters. The van der Waals surface area contributed by atoms with Crippen molar-refractivity contribution in [1.82, 2.24) is 4.98 Å². The number of nitrogens with one attached hydrogen (secondary N) is 1. The van der Waals surface area contributed by atoms with Crippen molar-refractivity contribution in [3.63, 3.8) is 0 Å². The first-order valence-electron chi connectivity index (χ1n) is 7.70. The van der Waals surface area contributed by atoms with Crippen LogP contribution in [0.4, 0.5) is 11.5 Å². The summed E-state index contributed by atoms with van der Waals surface area (Å²) in [6.07, 6.45) is 0. The van der Waals surface area contributed by atoms with E-state index in [1.54, 1.807) is 30.3 Å². The van der Waals surface area contributed by atoms with Crippen LogP contribution < -0.4 is 19.7 Å². The third-order valence-electron chi connectivity index (χ3n) is 3.48. The Labute approximate surface area is 153 Å². The molecule has 0 bridgehead atoms. The number of anilines is 2. The molecule has 2 aromatic rings. The second-order valence-electron chi connectivity index (χ2n) is 5.20. The minimum atomic E-state index is -0.352. The van der Waals surface area contributed by atoms with Crippen LogP contribution in [0.1, 0.15) is 6.92 Å². The van der Waals surface area contributed by atoms with Crippen LogP contribution in [0.15, 0.2) is 41.0 Å². The third kappa shape index (κ3) is 3.90. The minimum Gasteiger partial charge on any atom is -0.492 e. The Hall–Kier alpha value is -2.61. The summed E-state index contributed by atoms with van der Waals surface area (Å²) >= 11 is 3.26. The lowest BCUT2D eigenvalue weighted by molar-refractivity contribution is -0.123. The number of benzene rings is 1. The van der Waals surface area contributed by atoms with Gasteiger partial charge in [0.1, 0.15) is 16.9 Å². The zero-order valence-electron chi connectivity index (χ0n) is 13.5. The van der Waals surface area contributed by atoms with Gasteiger partial charge in [-0.3, -0.25) is 14.5 Å². The Bertz CT molecular complexity index is 812. The van der Waals surface area contributed by atoms with Crippen LogP contribution in [0.5, 0.6) is 11.5 Å². The number of nitrogens with zero attached hydrogens (tertiary/aromatic N) is 2. The number of pyridine rings is 1. The normalized spacial score (nSPS) is 13.0. The van der Waals surface area contributed by atoms with Crippen LogP contribution in [0, 0.1) is 0 Å². The molecule has 0 saturated carbocycles. The molecule has 1 aromatic heterocycles. The van der Waals surface area contributed by atoms with Gasteiger partial charge in [-0.2, -0.15) is 0 Å². The van der Waals surface area contributed by atoms with Crippen molar-refractivity contribution in [2.75, 3.05) is 30.0 Å². The molecule has 1 aliphatic heterocycles. The standard InChI is InChI=1S/C17H16BrN3O4/c1-2-24-12-6-4-3-5-11(12)19-15(22)9-21-16(23)10-25-13-7-8-14(18)20-17(13)21/h3-8H,2,9-10H2,1H3,(H,19,22). The lowest BCUT2D eigenvalue weighted by atomic mass is 10.2. The molecule has 2 amide bonds. The molecular weight excluding hydrogens is 390 g/mol. The molecule has 0 aliphatic carbocycles. The second-order valence-corrected chi connectivity index (χ2v) is 6.01. The van der Waals surface area contributed by atoms with E-state index in [1.165, 1.54) is 4.90 Å². The Balaban J connectivity index is 1.78. The summed E-state index contributed by atoms with van der Waals surface area (Å²) in [6, 6.07) is 10.6. The molecule has 130 valence electrons. The van der Waals surface area contributed by atoms with E-state index in [-0.39, 0.29) is 25.0 Å². The smallest absolute Gasteiger partial charge is 0.266 e. The summed E-state index contributed by atoms with van der Waals surface area (Å²) < 4.78 is 11.4. The predicted octanol–water partition coefficient (Wildman–Crippen LogP) is 2.61. The SMILES string of the molecule is CCOc1ccccc1NC(=O)CN1C(=O)COc2ccc(Br)nc21. The monoisotopic (exact) mass is 405 g/mol. The third-order valence-corrected chi connectivity index (χ3v) is 3.92. The zero-order valence-corrected chi connectivity index (χ0v) is 15.1. The maximum atomic E-state index is 12.4. The van der Waals surface area contributed by atoms with E-state index in [4.69, 9.17) is 9.47 Å². The van der Waals surface area contributed by atoms with Crippen LogP contribution in [0.25, 0.3) is 0 Å². The quantitative estimate of drug-likeness (QED) is 0.773. The molecule has 0 atom stereocenters. The van der Waals surface area contributed by atoms with Crippen LogP contribution in [-0.2, 0) is 9.59 Å². The Morgan fingerprint density at radius 1 is 1.36 bits per heavy atom. The van der Waals surface area contributed by atoms with Crippen molar-refractivity contribution in [1.29, 1.82) is 0 Å². The number of hydrogen-bond acceptors (Lipinski definition) is 5. The minimum absolute atomic E-state index is 0.126. The predicted molar refractivity (Wildman–Crippen MR) is 96.0 cm³/mol. The molecule has 8 heteroatoms. The number of carbonyl (C=O) groups excluding carboxylic acids is 2. The van der Waals surface area contributed by atoms with E-state index in [9.17, 15) is 9.59 Å². The van der Waals surface area contributed by atoms with Gasteiger partial charge >= 0.3 is 0 Å². The van der Waals surface area contributed by atoms with Crippen molar-refractivity contribution in [2.45, 2.75) is 6.92 Å². The molecule has 3 rings (SSSR count). The fourth-order valence-electron chi connectivity index (χ4n) is 2.40. The van der Waals surface area contributed by atoms with Gasteiger partial charge in [-0.05, 0) is 47.1 Å². The number of fused-ring (bicyclic) bond motifs is 1. The highest BCUT2D eigenvalue weighted by atomic mass is 79.9. The maximum Gasteiger partial charge on any atom is 0.266 e. The molecule has 2 heterocycles. The van der Waals surface area contributed by atoms with Crippen molar-refractivity contribution < 1.29 is 19.1 Å². The molecule has 1 aromatic carbocycles. The van der Waals surface area contributed by atoms with Crippen molar-refractivity contribution in [3.05, 3.63) is 41.0 Å². The molecular formula is C17H16BrN3O4. The molecule has 0 spiro atoms. The van der Waals surface area contributed by atoms with E-state index >= 15 is 0 Å². The van der Waals surface area contributed by atoms with Gasteiger partial charge in [0.05, 0.1) is 12.3 Å². The number of hydrogen-bond donors (Lipinski definition) is 1. The highest BCUT2D eigenvalue weighted by molar-refractivity contribution is 9.10. The van der Waals surface area contributed by atoms with Gasteiger partial charge in [0.2, 0.25) is 5.91 Å². The summed E-state index contributed by atoms with van der Waals surface area (Å²) in [4.78, 5) is 30.2. The second kappa shape index (κ2) is 7.52. The van der Waals surface area contributed by atoms with Gasteiger partial charge in [0, 0.05) is 0 Å². The summed E-state index contributed by atoms with van der Waals surface area (Å²) in [5, 5.41) is 2.77.